The molecule has 0 fully saturated rings. The molecule has 0 bridgehead atoms. The fourth-order valence-corrected chi connectivity index (χ4v) is 3.90. The summed E-state index contributed by atoms with van der Waals surface area (Å²) in [7, 11) is 0. The van der Waals surface area contributed by atoms with Crippen LogP contribution in [0.4, 0.5) is 16.2 Å². The maximum Gasteiger partial charge on any atom is 0.319 e. The molecule has 3 aromatic carbocycles. The van der Waals surface area contributed by atoms with Crippen LogP contribution in [-0.4, -0.2) is 22.2 Å². The lowest BCUT2D eigenvalue weighted by Gasteiger charge is -2.23. The van der Waals surface area contributed by atoms with Crippen molar-refractivity contribution in [2.45, 2.75) is 31.9 Å². The number of aliphatic hydroxyl groups is 1. The molecule has 0 saturated heterocycles. The number of amides is 2. The minimum atomic E-state index is -0.416. The molecule has 2 amide bonds. The first-order valence-electron chi connectivity index (χ1n) is 10.2. The van der Waals surface area contributed by atoms with Gasteiger partial charge in [-0.3, -0.25) is 10.1 Å². The first-order valence-corrected chi connectivity index (χ1v) is 10.2. The van der Waals surface area contributed by atoms with Crippen molar-refractivity contribution in [2.24, 2.45) is 0 Å². The monoisotopic (exact) mass is 417 g/mol. The Morgan fingerprint density at radius 1 is 1.06 bits per heavy atom. The highest BCUT2D eigenvalue weighted by molar-refractivity contribution is 5.90. The second kappa shape index (κ2) is 8.97. The number of nitrogens with one attached hydrogen (secondary N) is 2. The van der Waals surface area contributed by atoms with E-state index < -0.39 is 4.92 Å². The van der Waals surface area contributed by atoms with E-state index in [0.717, 1.165) is 46.3 Å². The van der Waals surface area contributed by atoms with Crippen LogP contribution in [0.5, 0.6) is 0 Å². The van der Waals surface area contributed by atoms with Crippen molar-refractivity contribution in [2.75, 3.05) is 5.32 Å². The van der Waals surface area contributed by atoms with Crippen molar-refractivity contribution in [3.63, 3.8) is 0 Å². The molecule has 1 atom stereocenters. The molecule has 1 aliphatic rings. The van der Waals surface area contributed by atoms with Gasteiger partial charge in [-0.1, -0.05) is 42.5 Å². The Balaban J connectivity index is 1.42. The second-order valence-corrected chi connectivity index (χ2v) is 7.66. The Kier molecular flexibility index (Phi) is 5.95. The van der Waals surface area contributed by atoms with Gasteiger partial charge >= 0.3 is 6.03 Å². The van der Waals surface area contributed by atoms with Gasteiger partial charge in [-0.2, -0.15) is 0 Å². The maximum atomic E-state index is 12.5. The highest BCUT2D eigenvalue weighted by atomic mass is 16.6. The number of nitrogens with zero attached hydrogens (tertiary/aromatic N) is 1. The Bertz CT molecular complexity index is 1130. The third-order valence-electron chi connectivity index (χ3n) is 5.48. The number of hydrogen-bond acceptors (Lipinski definition) is 4. The summed E-state index contributed by atoms with van der Waals surface area (Å²) in [6.07, 6.45) is 1.70. The molecule has 3 aromatic rings. The number of rotatable bonds is 5. The minimum absolute atomic E-state index is 0.0386. The van der Waals surface area contributed by atoms with E-state index in [-0.39, 0.29) is 17.8 Å². The Morgan fingerprint density at radius 2 is 1.81 bits per heavy atom. The van der Waals surface area contributed by atoms with E-state index in [4.69, 9.17) is 0 Å². The number of non-ortho nitro benzene ring substituents is 1. The number of urea groups is 1. The van der Waals surface area contributed by atoms with Crippen LogP contribution in [0.25, 0.3) is 11.1 Å². The van der Waals surface area contributed by atoms with Crippen molar-refractivity contribution < 1.29 is 14.8 Å². The van der Waals surface area contributed by atoms with Gasteiger partial charge in [0.2, 0.25) is 0 Å². The van der Waals surface area contributed by atoms with E-state index in [1.807, 2.05) is 48.5 Å². The molecule has 4 rings (SSSR count). The summed E-state index contributed by atoms with van der Waals surface area (Å²) in [4.78, 5) is 23.1. The zero-order valence-electron chi connectivity index (χ0n) is 16.9. The van der Waals surface area contributed by atoms with Gasteiger partial charge in [0, 0.05) is 30.8 Å². The summed E-state index contributed by atoms with van der Waals surface area (Å²) in [6.45, 7) is 0.312. The van der Waals surface area contributed by atoms with Gasteiger partial charge in [-0.05, 0) is 52.8 Å². The number of nitro benzene ring substituents is 1. The van der Waals surface area contributed by atoms with E-state index in [2.05, 4.69) is 10.6 Å². The largest absolute Gasteiger partial charge is 0.393 e. The van der Waals surface area contributed by atoms with Crippen LogP contribution >= 0.6 is 0 Å². The lowest BCUT2D eigenvalue weighted by atomic mass is 9.88. The van der Waals surface area contributed by atoms with Gasteiger partial charge in [-0.25, -0.2) is 4.79 Å². The molecule has 158 valence electrons. The van der Waals surface area contributed by atoms with Gasteiger partial charge in [-0.15, -0.1) is 0 Å². The van der Waals surface area contributed by atoms with E-state index in [1.54, 1.807) is 6.07 Å². The van der Waals surface area contributed by atoms with Crippen LogP contribution in [0, 0.1) is 10.1 Å². The molecule has 0 spiro atoms. The lowest BCUT2D eigenvalue weighted by Crippen LogP contribution is -2.29. The van der Waals surface area contributed by atoms with Crippen LogP contribution in [0.2, 0.25) is 0 Å². The molecule has 1 aliphatic carbocycles. The number of benzene rings is 3. The third kappa shape index (κ3) is 4.90. The molecule has 0 saturated carbocycles. The number of aryl methyl sites for hydroxylation is 1. The van der Waals surface area contributed by atoms with Crippen LogP contribution in [0.15, 0.2) is 66.7 Å². The van der Waals surface area contributed by atoms with Crippen molar-refractivity contribution in [3.8, 4) is 11.1 Å². The molecular formula is C24H23N3O4. The number of nitro groups is 1. The van der Waals surface area contributed by atoms with E-state index in [0.29, 0.717) is 13.0 Å². The first kappa shape index (κ1) is 20.6. The van der Waals surface area contributed by atoms with Crippen molar-refractivity contribution in [3.05, 3.63) is 93.5 Å². The number of anilines is 1. The van der Waals surface area contributed by atoms with Gasteiger partial charge in [0.05, 0.1) is 11.0 Å². The third-order valence-corrected chi connectivity index (χ3v) is 5.48. The molecule has 0 heterocycles. The van der Waals surface area contributed by atoms with E-state index >= 15 is 0 Å². The standard InChI is InChI=1S/C24H23N3O4/c28-21-11-10-17-5-3-9-23(22(17)14-21)26-24(29)25-15-16-4-1-6-18(12-16)19-7-2-8-20(13-19)27(30)31/h1-9,12-13,21,28H,10-11,14-15H2,(H2,25,26,29). The maximum absolute atomic E-state index is 12.5. The highest BCUT2D eigenvalue weighted by Gasteiger charge is 2.19. The molecule has 0 radical (unpaired) electrons. The van der Waals surface area contributed by atoms with Gasteiger partial charge in [0.15, 0.2) is 0 Å². The highest BCUT2D eigenvalue weighted by Crippen LogP contribution is 2.28. The number of fused-ring (bicyclic) bond motifs is 1. The molecule has 7 nitrogen and oxygen atoms in total. The summed E-state index contributed by atoms with van der Waals surface area (Å²) in [5.74, 6) is 0. The number of hydrogen-bond donors (Lipinski definition) is 3. The van der Waals surface area contributed by atoms with E-state index in [1.165, 1.54) is 12.1 Å². The van der Waals surface area contributed by atoms with Gasteiger partial charge in [0.1, 0.15) is 0 Å². The first-order chi connectivity index (χ1) is 15.0. The average molecular weight is 417 g/mol. The normalized spacial score (nSPS) is 15.1. The van der Waals surface area contributed by atoms with Gasteiger partial charge < -0.3 is 15.7 Å². The Labute approximate surface area is 179 Å². The van der Waals surface area contributed by atoms with Gasteiger partial charge in [0.25, 0.3) is 5.69 Å². The molecule has 0 aromatic heterocycles. The predicted octanol–water partition coefficient (Wildman–Crippen LogP) is 4.43. The molecule has 1 unspecified atom stereocenters. The second-order valence-electron chi connectivity index (χ2n) is 7.66. The van der Waals surface area contributed by atoms with Crippen molar-refractivity contribution >= 4 is 17.4 Å². The van der Waals surface area contributed by atoms with Crippen molar-refractivity contribution in [1.29, 1.82) is 0 Å². The smallest absolute Gasteiger partial charge is 0.319 e. The number of carbonyl (C=O) groups excluding carboxylic acids is 1. The topological polar surface area (TPSA) is 104 Å². The minimum Gasteiger partial charge on any atom is -0.393 e. The zero-order chi connectivity index (χ0) is 21.8. The molecule has 3 N–H and O–H groups in total. The summed E-state index contributed by atoms with van der Waals surface area (Å²) in [5.41, 5.74) is 5.38. The zero-order valence-corrected chi connectivity index (χ0v) is 16.9. The Morgan fingerprint density at radius 3 is 2.61 bits per heavy atom. The van der Waals surface area contributed by atoms with E-state index in [9.17, 15) is 20.0 Å². The molecule has 31 heavy (non-hydrogen) atoms. The molecular weight excluding hydrogens is 394 g/mol. The Hall–Kier alpha value is -3.71. The summed E-state index contributed by atoms with van der Waals surface area (Å²) in [5, 5.41) is 26.7. The fourth-order valence-electron chi connectivity index (χ4n) is 3.90. The van der Waals surface area contributed by atoms with Crippen molar-refractivity contribution in [1.82, 2.24) is 5.32 Å². The summed E-state index contributed by atoms with van der Waals surface area (Å²) >= 11 is 0. The van der Waals surface area contributed by atoms with Crippen LogP contribution < -0.4 is 10.6 Å². The quantitative estimate of drug-likeness (QED) is 0.422. The van der Waals surface area contributed by atoms with Crippen LogP contribution in [0.1, 0.15) is 23.1 Å². The predicted molar refractivity (Wildman–Crippen MR) is 119 cm³/mol. The number of aliphatic hydroxyl groups excluding tert-OH is 1. The molecule has 0 aliphatic heterocycles. The average Bonchev–Trinajstić information content (AvgIpc) is 2.78. The van der Waals surface area contributed by atoms with Crippen LogP contribution in [0.3, 0.4) is 0 Å². The summed E-state index contributed by atoms with van der Waals surface area (Å²) in [6, 6.07) is 19.5. The number of carbonyl (C=O) groups is 1. The fraction of sp³-hybridized carbons (Fsp3) is 0.208. The molecule has 7 heteroatoms. The van der Waals surface area contributed by atoms with Crippen LogP contribution in [-0.2, 0) is 19.4 Å². The summed E-state index contributed by atoms with van der Waals surface area (Å²) < 4.78 is 0. The lowest BCUT2D eigenvalue weighted by molar-refractivity contribution is -0.384. The SMILES string of the molecule is O=C(NCc1cccc(-c2cccc([N+](=O)[O-])c2)c1)Nc1cccc2c1CC(O)CC2.